The second-order valence-corrected chi connectivity index (χ2v) is 10.2. The predicted octanol–water partition coefficient (Wildman–Crippen LogP) is 4.38. The van der Waals surface area contributed by atoms with Crippen molar-refractivity contribution < 1.29 is 27.4 Å². The van der Waals surface area contributed by atoms with Gasteiger partial charge in [0.15, 0.2) is 11.5 Å². The minimum absolute atomic E-state index is 0.0535. The van der Waals surface area contributed by atoms with Gasteiger partial charge in [-0.3, -0.25) is 9.10 Å². The van der Waals surface area contributed by atoms with Crippen molar-refractivity contribution >= 4 is 43.8 Å². The summed E-state index contributed by atoms with van der Waals surface area (Å²) in [4.78, 5) is 12.8. The SMILES string of the molecule is C=CCOc1c(Br)cc(/C=N\NC(=O)CN(c2ccc(OC)cc2)S(=O)(=O)c2ccccc2)cc1OC. The highest BCUT2D eigenvalue weighted by Gasteiger charge is 2.27. The molecule has 0 aliphatic rings. The average Bonchev–Trinajstić information content (AvgIpc) is 2.91. The quantitative estimate of drug-likeness (QED) is 0.191. The number of carbonyl (C=O) groups excluding carboxylic acids is 1. The highest BCUT2D eigenvalue weighted by atomic mass is 79.9. The van der Waals surface area contributed by atoms with Crippen LogP contribution >= 0.6 is 15.9 Å². The number of nitrogens with zero attached hydrogens (tertiary/aromatic N) is 2. The zero-order valence-electron chi connectivity index (χ0n) is 20.3. The standard InChI is InChI=1S/C26H26BrN3O6S/c1-4-14-36-26-23(27)15-19(16-24(26)35-3)17-28-29-25(31)18-30(20-10-12-21(34-2)13-11-20)37(32,33)22-8-6-5-7-9-22/h4-13,15-17H,1,14,18H2,2-3H3,(H,29,31)/b28-17-. The predicted molar refractivity (Wildman–Crippen MR) is 146 cm³/mol. The van der Waals surface area contributed by atoms with Crippen molar-refractivity contribution in [2.45, 2.75) is 4.90 Å². The molecule has 0 aliphatic heterocycles. The molecular formula is C26H26BrN3O6S. The van der Waals surface area contributed by atoms with Crippen LogP contribution in [0, 0.1) is 0 Å². The maximum atomic E-state index is 13.4. The fourth-order valence-corrected chi connectivity index (χ4v) is 5.24. The van der Waals surface area contributed by atoms with Gasteiger partial charge in [-0.05, 0) is 70.0 Å². The van der Waals surface area contributed by atoms with Crippen LogP contribution in [0.1, 0.15) is 5.56 Å². The summed E-state index contributed by atoms with van der Waals surface area (Å²) in [6, 6.07) is 17.7. The number of hydrogen-bond acceptors (Lipinski definition) is 7. The van der Waals surface area contributed by atoms with Crippen LogP contribution in [0.15, 0.2) is 93.9 Å². The number of sulfonamides is 1. The second-order valence-electron chi connectivity index (χ2n) is 7.45. The molecule has 0 bridgehead atoms. The molecule has 0 radical (unpaired) electrons. The Kier molecular flexibility index (Phi) is 9.70. The van der Waals surface area contributed by atoms with Crippen LogP contribution in [0.2, 0.25) is 0 Å². The highest BCUT2D eigenvalue weighted by molar-refractivity contribution is 9.10. The normalized spacial score (nSPS) is 11.1. The number of ether oxygens (including phenoxy) is 3. The van der Waals surface area contributed by atoms with Crippen molar-refractivity contribution in [2.75, 3.05) is 31.7 Å². The van der Waals surface area contributed by atoms with Crippen molar-refractivity contribution in [1.82, 2.24) is 5.43 Å². The van der Waals surface area contributed by atoms with E-state index in [0.717, 1.165) is 4.31 Å². The van der Waals surface area contributed by atoms with E-state index in [1.54, 1.807) is 60.7 Å². The summed E-state index contributed by atoms with van der Waals surface area (Å²) in [5, 5.41) is 3.98. The molecule has 1 amide bonds. The first kappa shape index (κ1) is 27.8. The summed E-state index contributed by atoms with van der Waals surface area (Å²) in [7, 11) is -1.02. The van der Waals surface area contributed by atoms with Crippen LogP contribution in [0.5, 0.6) is 17.2 Å². The maximum absolute atomic E-state index is 13.4. The minimum Gasteiger partial charge on any atom is -0.497 e. The van der Waals surface area contributed by atoms with E-state index >= 15 is 0 Å². The molecule has 0 saturated carbocycles. The van der Waals surface area contributed by atoms with Crippen LogP contribution in [0.4, 0.5) is 5.69 Å². The van der Waals surface area contributed by atoms with Gasteiger partial charge in [-0.1, -0.05) is 30.9 Å². The van der Waals surface area contributed by atoms with Gasteiger partial charge >= 0.3 is 0 Å². The van der Waals surface area contributed by atoms with Gasteiger partial charge in [-0.25, -0.2) is 13.8 Å². The van der Waals surface area contributed by atoms with Crippen molar-refractivity contribution in [1.29, 1.82) is 0 Å². The zero-order valence-corrected chi connectivity index (χ0v) is 22.7. The molecule has 9 nitrogen and oxygen atoms in total. The molecule has 0 heterocycles. The second kappa shape index (κ2) is 12.9. The Morgan fingerprint density at radius 1 is 1.08 bits per heavy atom. The van der Waals surface area contributed by atoms with Gasteiger partial charge < -0.3 is 14.2 Å². The summed E-state index contributed by atoms with van der Waals surface area (Å²) < 4.78 is 44.5. The highest BCUT2D eigenvalue weighted by Crippen LogP contribution is 2.36. The monoisotopic (exact) mass is 587 g/mol. The lowest BCUT2D eigenvalue weighted by molar-refractivity contribution is -0.119. The van der Waals surface area contributed by atoms with Gasteiger partial charge in [0.2, 0.25) is 0 Å². The first-order valence-corrected chi connectivity index (χ1v) is 13.2. The molecule has 0 spiro atoms. The number of rotatable bonds is 12. The van der Waals surface area contributed by atoms with Gasteiger partial charge in [-0.15, -0.1) is 0 Å². The van der Waals surface area contributed by atoms with E-state index in [4.69, 9.17) is 14.2 Å². The minimum atomic E-state index is -4.04. The van der Waals surface area contributed by atoms with Crippen molar-refractivity contribution in [3.8, 4) is 17.2 Å². The number of hydrogen-bond donors (Lipinski definition) is 1. The molecule has 3 rings (SSSR count). The van der Waals surface area contributed by atoms with Crippen LogP contribution in [0.3, 0.4) is 0 Å². The molecule has 0 atom stereocenters. The number of hydrazone groups is 1. The Labute approximate surface area is 224 Å². The number of methoxy groups -OCH3 is 2. The number of amides is 1. The summed E-state index contributed by atoms with van der Waals surface area (Å²) in [5.41, 5.74) is 3.29. The molecule has 0 unspecified atom stereocenters. The van der Waals surface area contributed by atoms with E-state index in [1.165, 1.54) is 32.6 Å². The molecule has 0 saturated heterocycles. The smallest absolute Gasteiger partial charge is 0.264 e. The molecule has 11 heteroatoms. The maximum Gasteiger partial charge on any atom is 0.264 e. The summed E-state index contributed by atoms with van der Waals surface area (Å²) in [6.45, 7) is 3.43. The van der Waals surface area contributed by atoms with E-state index in [0.29, 0.717) is 39.6 Å². The summed E-state index contributed by atoms with van der Waals surface area (Å²) in [6.07, 6.45) is 3.02. The molecule has 1 N–H and O–H groups in total. The Morgan fingerprint density at radius 3 is 2.41 bits per heavy atom. The Balaban J connectivity index is 1.80. The third kappa shape index (κ3) is 7.11. The van der Waals surface area contributed by atoms with Crippen LogP contribution < -0.4 is 23.9 Å². The third-order valence-electron chi connectivity index (χ3n) is 4.98. The number of benzene rings is 3. The Morgan fingerprint density at radius 2 is 1.78 bits per heavy atom. The van der Waals surface area contributed by atoms with E-state index in [9.17, 15) is 13.2 Å². The van der Waals surface area contributed by atoms with Crippen molar-refractivity contribution in [3.63, 3.8) is 0 Å². The number of anilines is 1. The first-order valence-electron chi connectivity index (χ1n) is 10.9. The molecule has 3 aromatic rings. The van der Waals surface area contributed by atoms with E-state index in [2.05, 4.69) is 33.0 Å². The zero-order chi connectivity index (χ0) is 26.8. The topological polar surface area (TPSA) is 107 Å². The first-order chi connectivity index (χ1) is 17.8. The van der Waals surface area contributed by atoms with Gasteiger partial charge in [0.05, 0.1) is 35.5 Å². The van der Waals surface area contributed by atoms with E-state index < -0.39 is 22.5 Å². The summed E-state index contributed by atoms with van der Waals surface area (Å²) in [5.74, 6) is 0.884. The van der Waals surface area contributed by atoms with Crippen LogP contribution in [-0.4, -0.2) is 47.9 Å². The molecule has 0 aromatic heterocycles. The fourth-order valence-electron chi connectivity index (χ4n) is 3.22. The molecule has 194 valence electrons. The Hall–Kier alpha value is -3.83. The van der Waals surface area contributed by atoms with Crippen LogP contribution in [-0.2, 0) is 14.8 Å². The van der Waals surface area contributed by atoms with E-state index in [1.807, 2.05) is 0 Å². The Bertz CT molecular complexity index is 1360. The molecule has 37 heavy (non-hydrogen) atoms. The number of nitrogens with one attached hydrogen (secondary N) is 1. The van der Waals surface area contributed by atoms with Gasteiger partial charge in [0, 0.05) is 0 Å². The number of halogens is 1. The van der Waals surface area contributed by atoms with Crippen LogP contribution in [0.25, 0.3) is 0 Å². The molecule has 0 fully saturated rings. The van der Waals surface area contributed by atoms with E-state index in [-0.39, 0.29) is 4.90 Å². The number of carbonyl (C=O) groups is 1. The average molecular weight is 588 g/mol. The largest absolute Gasteiger partial charge is 0.497 e. The molecule has 0 aliphatic carbocycles. The lowest BCUT2D eigenvalue weighted by Gasteiger charge is -2.23. The summed E-state index contributed by atoms with van der Waals surface area (Å²) >= 11 is 3.43. The third-order valence-corrected chi connectivity index (χ3v) is 7.36. The van der Waals surface area contributed by atoms with Crippen molar-refractivity contribution in [2.24, 2.45) is 5.10 Å². The van der Waals surface area contributed by atoms with Gasteiger partial charge in [0.25, 0.3) is 15.9 Å². The lowest BCUT2D eigenvalue weighted by atomic mass is 10.2. The van der Waals surface area contributed by atoms with Gasteiger partial charge in [0.1, 0.15) is 18.9 Å². The van der Waals surface area contributed by atoms with Gasteiger partial charge in [-0.2, -0.15) is 5.10 Å². The molecular weight excluding hydrogens is 562 g/mol. The molecule has 3 aromatic carbocycles. The fraction of sp³-hybridized carbons (Fsp3) is 0.154. The lowest BCUT2D eigenvalue weighted by Crippen LogP contribution is -2.39. The van der Waals surface area contributed by atoms with Crippen molar-refractivity contribution in [3.05, 3.63) is 89.4 Å².